The molecule has 3 rings (SSSR count). The van der Waals surface area contributed by atoms with Crippen LogP contribution in [0.1, 0.15) is 45.4 Å². The maximum Gasteiger partial charge on any atom is 0.0249 e. The first kappa shape index (κ1) is 12.9. The van der Waals surface area contributed by atoms with Crippen LogP contribution in [0.5, 0.6) is 0 Å². The average molecular weight is 251 g/mol. The smallest absolute Gasteiger partial charge is 0.0249 e. The molecule has 0 aromatic heterocycles. The van der Waals surface area contributed by atoms with E-state index in [1.54, 1.807) is 0 Å². The molecule has 104 valence electrons. The molecule has 1 aliphatic carbocycles. The van der Waals surface area contributed by atoms with Crippen molar-refractivity contribution in [3.63, 3.8) is 0 Å². The summed E-state index contributed by atoms with van der Waals surface area (Å²) >= 11 is 0. The minimum absolute atomic E-state index is 0.781. The molecule has 3 nitrogen and oxygen atoms in total. The first-order chi connectivity index (χ1) is 8.88. The third-order valence-electron chi connectivity index (χ3n) is 5.13. The fourth-order valence-electron chi connectivity index (χ4n) is 3.92. The van der Waals surface area contributed by atoms with Crippen molar-refractivity contribution >= 4 is 0 Å². The predicted octanol–water partition coefficient (Wildman–Crippen LogP) is 1.69. The highest BCUT2D eigenvalue weighted by Crippen LogP contribution is 2.28. The molecule has 2 unspecified atom stereocenters. The van der Waals surface area contributed by atoms with E-state index in [2.05, 4.69) is 22.0 Å². The van der Waals surface area contributed by atoms with Gasteiger partial charge in [-0.1, -0.05) is 13.3 Å². The number of hydrogen-bond donors (Lipinski definition) is 1. The maximum atomic E-state index is 3.84. The SMILES string of the molecule is CCN(CCNC1CCN2CCCCC12)C1CC1. The molecule has 0 aromatic carbocycles. The Morgan fingerprint density at radius 1 is 1.11 bits per heavy atom. The van der Waals surface area contributed by atoms with Crippen LogP contribution in [0.2, 0.25) is 0 Å². The van der Waals surface area contributed by atoms with Gasteiger partial charge in [0.05, 0.1) is 0 Å². The molecular weight excluding hydrogens is 222 g/mol. The molecule has 1 saturated carbocycles. The lowest BCUT2D eigenvalue weighted by Crippen LogP contribution is -2.46. The third kappa shape index (κ3) is 2.89. The summed E-state index contributed by atoms with van der Waals surface area (Å²) in [6.07, 6.45) is 8.55. The quantitative estimate of drug-likeness (QED) is 0.775. The molecule has 3 fully saturated rings. The summed E-state index contributed by atoms with van der Waals surface area (Å²) in [6, 6.07) is 2.56. The van der Waals surface area contributed by atoms with Crippen molar-refractivity contribution in [1.29, 1.82) is 0 Å². The summed E-state index contributed by atoms with van der Waals surface area (Å²) in [6.45, 7) is 8.67. The van der Waals surface area contributed by atoms with Gasteiger partial charge in [0.2, 0.25) is 0 Å². The zero-order valence-corrected chi connectivity index (χ0v) is 11.9. The van der Waals surface area contributed by atoms with E-state index in [4.69, 9.17) is 0 Å². The van der Waals surface area contributed by atoms with E-state index in [0.717, 1.165) is 18.1 Å². The molecule has 18 heavy (non-hydrogen) atoms. The van der Waals surface area contributed by atoms with Gasteiger partial charge in [-0.2, -0.15) is 0 Å². The molecular formula is C15H29N3. The Kier molecular flexibility index (Phi) is 4.22. The van der Waals surface area contributed by atoms with Gasteiger partial charge in [-0.05, 0) is 45.2 Å². The Morgan fingerprint density at radius 2 is 2.00 bits per heavy atom. The summed E-state index contributed by atoms with van der Waals surface area (Å²) in [5, 5.41) is 3.84. The predicted molar refractivity (Wildman–Crippen MR) is 75.9 cm³/mol. The second-order valence-corrected chi connectivity index (χ2v) is 6.31. The number of rotatable bonds is 6. The first-order valence-corrected chi connectivity index (χ1v) is 8.10. The molecule has 1 N–H and O–H groups in total. The second kappa shape index (κ2) is 5.89. The largest absolute Gasteiger partial charge is 0.311 e. The molecule has 0 aromatic rings. The molecule has 2 heterocycles. The normalized spacial score (nSPS) is 33.0. The van der Waals surface area contributed by atoms with Gasteiger partial charge >= 0.3 is 0 Å². The van der Waals surface area contributed by atoms with Gasteiger partial charge in [-0.15, -0.1) is 0 Å². The number of fused-ring (bicyclic) bond motifs is 1. The van der Waals surface area contributed by atoms with E-state index in [0.29, 0.717) is 0 Å². The van der Waals surface area contributed by atoms with Crippen molar-refractivity contribution in [2.75, 3.05) is 32.7 Å². The Bertz CT molecular complexity index is 264. The Morgan fingerprint density at radius 3 is 2.78 bits per heavy atom. The summed E-state index contributed by atoms with van der Waals surface area (Å²) < 4.78 is 0. The Balaban J connectivity index is 1.40. The van der Waals surface area contributed by atoms with E-state index in [1.165, 1.54) is 71.2 Å². The molecule has 2 atom stereocenters. The van der Waals surface area contributed by atoms with Crippen LogP contribution in [0.15, 0.2) is 0 Å². The number of nitrogens with zero attached hydrogens (tertiary/aromatic N) is 2. The fraction of sp³-hybridized carbons (Fsp3) is 1.00. The number of likely N-dealkylation sites (N-methyl/N-ethyl adjacent to an activating group) is 1. The molecule has 0 radical (unpaired) electrons. The van der Waals surface area contributed by atoms with Crippen molar-refractivity contribution in [1.82, 2.24) is 15.1 Å². The number of nitrogens with one attached hydrogen (secondary N) is 1. The summed E-state index contributed by atoms with van der Waals surface area (Å²) in [7, 11) is 0. The van der Waals surface area contributed by atoms with Gasteiger partial charge in [0.25, 0.3) is 0 Å². The summed E-state index contributed by atoms with van der Waals surface area (Å²) in [5.74, 6) is 0. The Labute approximate surface area is 112 Å². The molecule has 2 saturated heterocycles. The molecule has 2 aliphatic heterocycles. The zero-order chi connectivity index (χ0) is 12.4. The molecule has 0 bridgehead atoms. The lowest BCUT2D eigenvalue weighted by atomic mass is 9.99. The number of hydrogen-bond acceptors (Lipinski definition) is 3. The maximum absolute atomic E-state index is 3.84. The van der Waals surface area contributed by atoms with Crippen LogP contribution in [-0.2, 0) is 0 Å². The van der Waals surface area contributed by atoms with Crippen molar-refractivity contribution in [2.45, 2.75) is 63.6 Å². The third-order valence-corrected chi connectivity index (χ3v) is 5.13. The lowest BCUT2D eigenvalue weighted by Gasteiger charge is -2.33. The highest BCUT2D eigenvalue weighted by Gasteiger charge is 2.35. The van der Waals surface area contributed by atoms with Gasteiger partial charge in [0, 0.05) is 37.8 Å². The van der Waals surface area contributed by atoms with E-state index < -0.39 is 0 Å². The van der Waals surface area contributed by atoms with Crippen LogP contribution in [0.4, 0.5) is 0 Å². The molecule has 0 amide bonds. The van der Waals surface area contributed by atoms with Crippen LogP contribution in [0, 0.1) is 0 Å². The molecule has 3 heteroatoms. The van der Waals surface area contributed by atoms with E-state index >= 15 is 0 Å². The minimum atomic E-state index is 0.781. The molecule has 0 spiro atoms. The van der Waals surface area contributed by atoms with Crippen molar-refractivity contribution in [2.24, 2.45) is 0 Å². The summed E-state index contributed by atoms with van der Waals surface area (Å²) in [5.41, 5.74) is 0. The summed E-state index contributed by atoms with van der Waals surface area (Å²) in [4.78, 5) is 5.38. The van der Waals surface area contributed by atoms with Gasteiger partial charge in [0.1, 0.15) is 0 Å². The van der Waals surface area contributed by atoms with Crippen molar-refractivity contribution < 1.29 is 0 Å². The van der Waals surface area contributed by atoms with Crippen molar-refractivity contribution in [3.05, 3.63) is 0 Å². The van der Waals surface area contributed by atoms with E-state index in [9.17, 15) is 0 Å². The monoisotopic (exact) mass is 251 g/mol. The average Bonchev–Trinajstić information content (AvgIpc) is 3.16. The van der Waals surface area contributed by atoms with Crippen LogP contribution in [0.25, 0.3) is 0 Å². The first-order valence-electron chi connectivity index (χ1n) is 8.10. The second-order valence-electron chi connectivity index (χ2n) is 6.31. The van der Waals surface area contributed by atoms with Crippen molar-refractivity contribution in [3.8, 4) is 0 Å². The van der Waals surface area contributed by atoms with Crippen LogP contribution < -0.4 is 5.32 Å². The lowest BCUT2D eigenvalue weighted by molar-refractivity contribution is 0.178. The molecule has 3 aliphatic rings. The van der Waals surface area contributed by atoms with Gasteiger partial charge in [-0.3, -0.25) is 9.80 Å². The minimum Gasteiger partial charge on any atom is -0.311 e. The van der Waals surface area contributed by atoms with E-state index in [1.807, 2.05) is 0 Å². The topological polar surface area (TPSA) is 18.5 Å². The van der Waals surface area contributed by atoms with Gasteiger partial charge in [-0.25, -0.2) is 0 Å². The Hall–Kier alpha value is -0.120. The van der Waals surface area contributed by atoms with Crippen LogP contribution in [0.3, 0.4) is 0 Å². The number of piperidine rings is 1. The van der Waals surface area contributed by atoms with Crippen LogP contribution in [-0.4, -0.2) is 60.6 Å². The fourth-order valence-corrected chi connectivity index (χ4v) is 3.92. The standard InChI is InChI=1S/C15H29N3/c1-2-17(13-6-7-13)12-9-16-14-8-11-18-10-4-3-5-15(14)18/h13-16H,2-12H2,1H3. The van der Waals surface area contributed by atoms with Gasteiger partial charge in [0.15, 0.2) is 0 Å². The highest BCUT2D eigenvalue weighted by molar-refractivity contribution is 4.94. The van der Waals surface area contributed by atoms with E-state index in [-0.39, 0.29) is 0 Å². The zero-order valence-electron chi connectivity index (χ0n) is 11.9. The highest BCUT2D eigenvalue weighted by atomic mass is 15.2. The van der Waals surface area contributed by atoms with Gasteiger partial charge < -0.3 is 5.32 Å². The van der Waals surface area contributed by atoms with Crippen LogP contribution >= 0.6 is 0 Å².